The highest BCUT2D eigenvalue weighted by Gasteiger charge is 2.46. The van der Waals surface area contributed by atoms with Gasteiger partial charge in [-0.15, -0.1) is 13.5 Å². The summed E-state index contributed by atoms with van der Waals surface area (Å²) < 4.78 is 136. The Bertz CT molecular complexity index is 6880. The number of carbonyl (C=O) groups excluding carboxylic acids is 5. The van der Waals surface area contributed by atoms with Gasteiger partial charge in [0.05, 0.1) is 96.9 Å². The van der Waals surface area contributed by atoms with Crippen LogP contribution in [-0.4, -0.2) is 161 Å². The van der Waals surface area contributed by atoms with Crippen LogP contribution in [0.2, 0.25) is 0 Å². The molecule has 9 aromatic rings. The van der Waals surface area contributed by atoms with E-state index in [1.165, 1.54) is 71.6 Å². The van der Waals surface area contributed by atoms with Gasteiger partial charge in [-0.1, -0.05) is 98.7 Å². The van der Waals surface area contributed by atoms with Crippen LogP contribution in [0.1, 0.15) is 197 Å². The van der Waals surface area contributed by atoms with Gasteiger partial charge in [-0.25, -0.2) is 19.7 Å². The number of hydrogen-bond donors (Lipinski definition) is 5. The number of amides is 4. The van der Waals surface area contributed by atoms with Crippen molar-refractivity contribution in [2.45, 2.75) is 209 Å². The molecular weight excluding hydrogens is 1810 g/mol. The summed E-state index contributed by atoms with van der Waals surface area (Å²) in [6.45, 7) is 20.7. The third-order valence-electron chi connectivity index (χ3n) is 25.6. The van der Waals surface area contributed by atoms with Crippen molar-refractivity contribution >= 4 is 83.3 Å². The van der Waals surface area contributed by atoms with Crippen molar-refractivity contribution in [3.05, 3.63) is 213 Å². The summed E-state index contributed by atoms with van der Waals surface area (Å²) in [4.78, 5) is 114. The number of nitrogens with one attached hydrogen (secondary N) is 2. The molecule has 39 heteroatoms. The van der Waals surface area contributed by atoms with Crippen LogP contribution in [0.15, 0.2) is 119 Å². The standard InChI is InChI=1S/C96H108N10O26S3/c1-11-65-69-35-63(25-27-76(69)99-85-71(65)41-104-78(85)37-68-67(13-3)91(114)125-45-73(68)89(104)112)129-133(117,118)47-57-19-30-81(60(33-57)48-134(119,120)130-64-26-28-77-70(36-64)66(12-2)72-42-105-79(86(72)100-77)38-75-74(90(105)113)46-126-92(115)96(75,116)14-4)124-43-56-17-23-62(24-18-56)131-135(121,122)132-82-34-59(22-29-80(82)107)88(111)98-49-93(5,6)52-123-53-95(9,10)51-103-40-61(101-102-103)44-127-128-54-94(7,8)50-97-87(110)58-20-15-55(16-21-58)39-106-83(108)31-32-84(106)109/h17-19,22-25,27-38,40,55,58,64,67,92,107,115-116H,11-16,20-21,26,39,41-54H2,1-10H3,(H,97,110)(H,98,111)/t55?,58?,64?,67-,92?,96+/m0/s1. The normalized spacial score (nSPS) is 19.1. The van der Waals surface area contributed by atoms with Gasteiger partial charge in [0.15, 0.2) is 17.8 Å². The Kier molecular flexibility index (Phi) is 27.3. The molecule has 4 amide bonds. The van der Waals surface area contributed by atoms with Crippen LogP contribution in [0.4, 0.5) is 0 Å². The maximum atomic E-state index is 14.7. The van der Waals surface area contributed by atoms with Gasteiger partial charge in [-0.05, 0) is 170 Å². The number of aryl methyl sites for hydroxylation is 1. The molecular formula is C96H108N10O26S3. The first-order valence-corrected chi connectivity index (χ1v) is 49.4. The van der Waals surface area contributed by atoms with Crippen LogP contribution >= 0.6 is 0 Å². The number of phenolic OH excluding ortho intramolecular Hbond substituents is 1. The zero-order valence-corrected chi connectivity index (χ0v) is 78.9. The number of cyclic esters (lactones) is 1. The third kappa shape index (κ3) is 21.1. The number of hydrogen-bond acceptors (Lipinski definition) is 30. The Morgan fingerprint density at radius 3 is 2.05 bits per heavy atom. The fourth-order valence-corrected chi connectivity index (χ4v) is 21.4. The number of ether oxygens (including phenoxy) is 4. The maximum absolute atomic E-state index is 14.7. The quantitative estimate of drug-likeness (QED) is 0.00606. The summed E-state index contributed by atoms with van der Waals surface area (Å²) in [5, 5.41) is 49.2. The first-order valence-electron chi connectivity index (χ1n) is 45.0. The van der Waals surface area contributed by atoms with Gasteiger partial charge in [-0.2, -0.15) is 16.8 Å². The fraction of sp³-hybridized carbons (Fsp3) is 0.448. The fourth-order valence-electron chi connectivity index (χ4n) is 18.4. The number of phenols is 1. The van der Waals surface area contributed by atoms with Gasteiger partial charge < -0.3 is 66.6 Å². The van der Waals surface area contributed by atoms with E-state index >= 15 is 0 Å². The van der Waals surface area contributed by atoms with Crippen molar-refractivity contribution in [3.63, 3.8) is 0 Å². The highest BCUT2D eigenvalue weighted by Crippen LogP contribution is 2.44. The second-order valence-corrected chi connectivity index (χ2v) is 42.0. The molecule has 1 saturated carbocycles. The van der Waals surface area contributed by atoms with Crippen LogP contribution in [0.5, 0.6) is 28.7 Å². The van der Waals surface area contributed by atoms with Crippen LogP contribution in [0.3, 0.4) is 0 Å². The molecule has 716 valence electrons. The number of aliphatic hydroxyl groups is 2. The Labute approximate surface area is 779 Å². The monoisotopic (exact) mass is 1910 g/mol. The summed E-state index contributed by atoms with van der Waals surface area (Å²) in [5.41, 5.74) is 3.99. The van der Waals surface area contributed by atoms with Gasteiger partial charge in [-0.3, -0.25) is 47.3 Å². The lowest BCUT2D eigenvalue weighted by atomic mass is 9.81. The van der Waals surface area contributed by atoms with E-state index in [0.29, 0.717) is 131 Å². The summed E-state index contributed by atoms with van der Waals surface area (Å²) in [7, 11) is -14.2. The Hall–Kier alpha value is -11.9. The number of rotatable bonds is 38. The van der Waals surface area contributed by atoms with E-state index in [-0.39, 0.29) is 152 Å². The average Bonchev–Trinajstić information content (AvgIpc) is 1.59. The largest absolute Gasteiger partial charge is 0.504 e. The van der Waals surface area contributed by atoms with Crippen molar-refractivity contribution in [3.8, 4) is 51.5 Å². The number of esters is 1. The minimum atomic E-state index is -5.02. The average molecular weight is 1910 g/mol. The number of aliphatic hydroxyl groups excluding tert-OH is 1. The molecule has 1 fully saturated rings. The van der Waals surface area contributed by atoms with E-state index in [1.54, 1.807) is 57.3 Å². The topological polar surface area (TPSA) is 469 Å². The molecule has 4 aromatic carbocycles. The van der Waals surface area contributed by atoms with Crippen molar-refractivity contribution in [2.75, 3.05) is 39.5 Å². The number of aromatic hydroxyl groups is 1. The molecule has 0 saturated heterocycles. The van der Waals surface area contributed by atoms with E-state index in [2.05, 4.69) is 20.9 Å². The number of pyridine rings is 4. The summed E-state index contributed by atoms with van der Waals surface area (Å²) in [5.74, 6) is -5.42. The number of imide groups is 1. The molecule has 5 aliphatic heterocycles. The summed E-state index contributed by atoms with van der Waals surface area (Å²) >= 11 is 0. The van der Waals surface area contributed by atoms with Gasteiger partial charge in [0, 0.05) is 104 Å². The lowest BCUT2D eigenvalue weighted by Gasteiger charge is -2.37. The zero-order valence-electron chi connectivity index (χ0n) is 76.4. The Balaban J connectivity index is 0.535. The number of nitrogens with zero attached hydrogens (tertiary/aromatic N) is 8. The molecule has 16 rings (SSSR count). The molecule has 5 N–H and O–H groups in total. The molecule has 0 bridgehead atoms. The molecule has 4 atom stereocenters. The molecule has 2 unspecified atom stereocenters. The van der Waals surface area contributed by atoms with E-state index in [1.807, 2.05) is 68.4 Å². The maximum Gasteiger partial charge on any atom is 0.501 e. The lowest BCUT2D eigenvalue weighted by molar-refractivity contribution is -0.317. The smallest absolute Gasteiger partial charge is 0.501 e. The molecule has 0 radical (unpaired) electrons. The van der Waals surface area contributed by atoms with Gasteiger partial charge in [0.25, 0.3) is 39.0 Å². The van der Waals surface area contributed by atoms with E-state index in [9.17, 15) is 74.1 Å². The zero-order chi connectivity index (χ0) is 96.2. The van der Waals surface area contributed by atoms with E-state index in [0.717, 1.165) is 41.7 Å². The first kappa shape index (κ1) is 96.2. The Morgan fingerprint density at radius 2 is 1.33 bits per heavy atom. The minimum absolute atomic E-state index is 0.0103. The predicted octanol–water partition coefficient (Wildman–Crippen LogP) is 8.32. The van der Waals surface area contributed by atoms with Crippen LogP contribution in [0, 0.1) is 28.1 Å². The lowest BCUT2D eigenvalue weighted by Crippen LogP contribution is -2.47. The van der Waals surface area contributed by atoms with Gasteiger partial charge >= 0.3 is 26.5 Å². The van der Waals surface area contributed by atoms with Crippen molar-refractivity contribution in [2.24, 2.45) is 28.1 Å². The third-order valence-corrected chi connectivity index (χ3v) is 28.7. The van der Waals surface area contributed by atoms with Crippen LogP contribution < -0.4 is 49.6 Å². The summed E-state index contributed by atoms with van der Waals surface area (Å²) in [6, 6.07) is 21.2. The predicted molar refractivity (Wildman–Crippen MR) is 489 cm³/mol. The van der Waals surface area contributed by atoms with Crippen molar-refractivity contribution in [1.82, 2.24) is 49.6 Å². The second-order valence-electron chi connectivity index (χ2n) is 37.7. The Morgan fingerprint density at radius 1 is 0.659 bits per heavy atom. The minimum Gasteiger partial charge on any atom is -0.504 e. The van der Waals surface area contributed by atoms with Crippen LogP contribution in [0.25, 0.3) is 45.8 Å². The second kappa shape index (κ2) is 38.3. The SMILES string of the molecule is CCc1c2c(nc3c1=CC(OS(=O)(=O)Cc1cc(CS(=O)(=O)Oc4ccc5nc6c(c(CC)c5c4)Cn4c-6cc5c(c4=O)COC(=O)[C@H]5CC)ccc1OCc1ccc(OS(=O)(=O)Oc4cc(C(=O)NCC(C)(C)COCC(C)(C)Cn5cc(COOCC(C)(C)CNC(=O)C6CCC(CN7C(=O)C=CC7=O)CC6)nn5)ccc4O)cc1)CC=3)-c1cc3c(c(=O)n1C2)COC(O)[C@@]3(O)CC. The number of carbonyl (C=O) groups is 5. The molecule has 135 heavy (non-hydrogen) atoms. The molecule has 5 aromatic heterocycles. The van der Waals surface area contributed by atoms with E-state index in [4.69, 9.17) is 55.4 Å². The highest BCUT2D eigenvalue weighted by molar-refractivity contribution is 7.86. The molecule has 2 aliphatic carbocycles. The molecule has 36 nitrogen and oxygen atoms in total. The van der Waals surface area contributed by atoms with Gasteiger partial charge in [0.1, 0.15) is 59.9 Å². The first-order chi connectivity index (χ1) is 64.1. The molecule has 10 heterocycles. The number of aromatic nitrogens is 7. The summed E-state index contributed by atoms with van der Waals surface area (Å²) in [6.07, 6.45) is 9.31. The molecule has 0 spiro atoms. The van der Waals surface area contributed by atoms with Crippen molar-refractivity contribution in [1.29, 1.82) is 0 Å². The molecule has 7 aliphatic rings. The van der Waals surface area contributed by atoms with Gasteiger partial charge in [0.2, 0.25) is 5.91 Å². The van der Waals surface area contributed by atoms with Crippen molar-refractivity contribution < 1.29 is 110 Å². The number of benzene rings is 4. The van der Waals surface area contributed by atoms with E-state index < -0.39 is 111 Å². The van der Waals surface area contributed by atoms with Crippen LogP contribution in [-0.2, 0) is 154 Å². The highest BCUT2D eigenvalue weighted by atomic mass is 32.3. The number of fused-ring (bicyclic) bond motifs is 10.